The smallest absolute Gasteiger partial charge is 0.318 e. The van der Waals surface area contributed by atoms with E-state index in [-0.39, 0.29) is 12.1 Å². The second-order valence-corrected chi connectivity index (χ2v) is 7.19. The van der Waals surface area contributed by atoms with Crippen molar-refractivity contribution in [2.45, 2.75) is 72.1 Å². The number of hydrogen-bond donors (Lipinski definition) is 1. The van der Waals surface area contributed by atoms with Crippen molar-refractivity contribution in [1.82, 2.24) is 34.8 Å². The van der Waals surface area contributed by atoms with Crippen LogP contribution in [0.1, 0.15) is 61.9 Å². The normalized spacial score (nSPS) is 15.1. The second-order valence-electron chi connectivity index (χ2n) is 7.19. The van der Waals surface area contributed by atoms with Gasteiger partial charge < -0.3 is 14.8 Å². The molecule has 0 bridgehead atoms. The van der Waals surface area contributed by atoms with Crippen LogP contribution in [0.4, 0.5) is 4.79 Å². The lowest BCUT2D eigenvalue weighted by atomic mass is 10.2. The van der Waals surface area contributed by atoms with E-state index in [4.69, 9.17) is 0 Å². The van der Waals surface area contributed by atoms with Gasteiger partial charge in [-0.3, -0.25) is 4.68 Å². The third kappa shape index (κ3) is 3.73. The zero-order valence-corrected chi connectivity index (χ0v) is 16.4. The molecule has 8 nitrogen and oxygen atoms in total. The molecule has 2 heterocycles. The van der Waals surface area contributed by atoms with Gasteiger partial charge in [0.1, 0.15) is 6.33 Å². The Kier molecular flexibility index (Phi) is 5.29. The summed E-state index contributed by atoms with van der Waals surface area (Å²) in [4.78, 5) is 14.9. The fourth-order valence-corrected chi connectivity index (χ4v) is 3.31. The molecule has 1 atom stereocenters. The van der Waals surface area contributed by atoms with Crippen LogP contribution in [0.5, 0.6) is 0 Å². The maximum Gasteiger partial charge on any atom is 0.318 e. The Morgan fingerprint density at radius 2 is 2.15 bits per heavy atom. The first-order valence-corrected chi connectivity index (χ1v) is 9.36. The van der Waals surface area contributed by atoms with E-state index in [0.29, 0.717) is 12.6 Å². The Labute approximate surface area is 154 Å². The first-order valence-electron chi connectivity index (χ1n) is 9.36. The topological polar surface area (TPSA) is 80.9 Å². The van der Waals surface area contributed by atoms with Gasteiger partial charge in [-0.05, 0) is 40.0 Å². The number of nitrogens with one attached hydrogen (secondary N) is 1. The van der Waals surface area contributed by atoms with Gasteiger partial charge in [-0.1, -0.05) is 6.92 Å². The Balaban J connectivity index is 1.72. The predicted octanol–water partition coefficient (Wildman–Crippen LogP) is 2.47. The van der Waals surface area contributed by atoms with Crippen molar-refractivity contribution >= 4 is 6.03 Å². The molecule has 8 heteroatoms. The molecule has 1 aliphatic rings. The molecule has 0 aromatic carbocycles. The van der Waals surface area contributed by atoms with E-state index in [9.17, 15) is 4.79 Å². The minimum Gasteiger partial charge on any atom is -0.328 e. The number of nitrogens with zero attached hydrogens (tertiary/aromatic N) is 6. The van der Waals surface area contributed by atoms with Crippen molar-refractivity contribution in [2.24, 2.45) is 7.05 Å². The number of urea groups is 1. The maximum absolute atomic E-state index is 13.0. The van der Waals surface area contributed by atoms with Crippen molar-refractivity contribution < 1.29 is 4.79 Å². The van der Waals surface area contributed by atoms with Crippen LogP contribution in [0.3, 0.4) is 0 Å². The van der Waals surface area contributed by atoms with Crippen molar-refractivity contribution in [2.75, 3.05) is 0 Å². The summed E-state index contributed by atoms with van der Waals surface area (Å²) >= 11 is 0. The molecule has 1 saturated carbocycles. The molecular formula is C18H29N7O. The number of hydrogen-bond acceptors (Lipinski definition) is 4. The average Bonchev–Trinajstić information content (AvgIpc) is 3.27. The summed E-state index contributed by atoms with van der Waals surface area (Å²) in [6.45, 7) is 9.56. The standard InChI is InChI=1S/C18H29N7O/c1-6-9-24-11-19-21-17(24)13(3)20-18(26)25(15-7-8-15)10-16-12(2)22-23(5)14(16)4/h11,13,15H,6-10H2,1-5H3,(H,20,26). The zero-order valence-electron chi connectivity index (χ0n) is 16.4. The fraction of sp³-hybridized carbons (Fsp3) is 0.667. The summed E-state index contributed by atoms with van der Waals surface area (Å²) in [5.41, 5.74) is 3.23. The van der Waals surface area contributed by atoms with Crippen LogP contribution in [-0.4, -0.2) is 41.5 Å². The molecule has 3 rings (SSSR count). The Morgan fingerprint density at radius 3 is 2.73 bits per heavy atom. The summed E-state index contributed by atoms with van der Waals surface area (Å²) in [6, 6.07) is 0.0808. The molecule has 0 spiro atoms. The van der Waals surface area contributed by atoms with E-state index in [2.05, 4.69) is 27.5 Å². The highest BCUT2D eigenvalue weighted by Gasteiger charge is 2.34. The van der Waals surface area contributed by atoms with E-state index >= 15 is 0 Å². The minimum atomic E-state index is -0.186. The van der Waals surface area contributed by atoms with Gasteiger partial charge >= 0.3 is 6.03 Å². The molecule has 0 aliphatic heterocycles. The summed E-state index contributed by atoms with van der Waals surface area (Å²) in [6.07, 6.45) is 4.85. The van der Waals surface area contributed by atoms with Crippen LogP contribution in [0.2, 0.25) is 0 Å². The molecule has 0 saturated heterocycles. The van der Waals surface area contributed by atoms with Gasteiger partial charge in [0.2, 0.25) is 0 Å². The van der Waals surface area contributed by atoms with Crippen LogP contribution in [0, 0.1) is 13.8 Å². The van der Waals surface area contributed by atoms with Gasteiger partial charge in [0.15, 0.2) is 5.82 Å². The molecule has 1 N–H and O–H groups in total. The predicted molar refractivity (Wildman–Crippen MR) is 98.5 cm³/mol. The number of rotatable bonds is 7. The summed E-state index contributed by atoms with van der Waals surface area (Å²) in [7, 11) is 1.94. The molecule has 0 radical (unpaired) electrons. The molecule has 1 fully saturated rings. The van der Waals surface area contributed by atoms with Gasteiger partial charge in [0.25, 0.3) is 0 Å². The van der Waals surface area contributed by atoms with Gasteiger partial charge in [0, 0.05) is 30.9 Å². The Hall–Kier alpha value is -2.38. The Morgan fingerprint density at radius 1 is 1.42 bits per heavy atom. The largest absolute Gasteiger partial charge is 0.328 e. The van der Waals surface area contributed by atoms with Crippen LogP contribution in [0.25, 0.3) is 0 Å². The van der Waals surface area contributed by atoms with E-state index in [1.165, 1.54) is 0 Å². The first kappa shape index (κ1) is 18.4. The van der Waals surface area contributed by atoms with Crippen LogP contribution >= 0.6 is 0 Å². The summed E-state index contributed by atoms with van der Waals surface area (Å²) < 4.78 is 3.88. The van der Waals surface area contributed by atoms with Gasteiger partial charge in [-0.25, -0.2) is 4.79 Å². The van der Waals surface area contributed by atoms with Crippen molar-refractivity contribution in [3.63, 3.8) is 0 Å². The molecule has 2 amide bonds. The molecule has 1 aliphatic carbocycles. The quantitative estimate of drug-likeness (QED) is 0.823. The van der Waals surface area contributed by atoms with Crippen LogP contribution in [0.15, 0.2) is 6.33 Å². The number of carbonyl (C=O) groups excluding carboxylic acids is 1. The van der Waals surface area contributed by atoms with E-state index in [0.717, 1.165) is 48.6 Å². The van der Waals surface area contributed by atoms with Gasteiger partial charge in [0.05, 0.1) is 18.3 Å². The minimum absolute atomic E-state index is 0.0475. The van der Waals surface area contributed by atoms with Crippen molar-refractivity contribution in [1.29, 1.82) is 0 Å². The zero-order chi connectivity index (χ0) is 18.8. The SMILES string of the molecule is CCCn1cnnc1C(C)NC(=O)N(Cc1c(C)nn(C)c1C)C1CC1. The lowest BCUT2D eigenvalue weighted by Gasteiger charge is -2.25. The first-order chi connectivity index (χ1) is 12.4. The molecule has 2 aromatic heterocycles. The maximum atomic E-state index is 13.0. The number of aromatic nitrogens is 5. The molecule has 2 aromatic rings. The van der Waals surface area contributed by atoms with Crippen LogP contribution in [-0.2, 0) is 20.1 Å². The third-order valence-electron chi connectivity index (χ3n) is 5.07. The highest BCUT2D eigenvalue weighted by Crippen LogP contribution is 2.30. The van der Waals surface area contributed by atoms with Crippen molar-refractivity contribution in [3.05, 3.63) is 29.1 Å². The highest BCUT2D eigenvalue weighted by atomic mass is 16.2. The van der Waals surface area contributed by atoms with E-state index in [1.54, 1.807) is 6.33 Å². The number of amides is 2. The van der Waals surface area contributed by atoms with Crippen molar-refractivity contribution in [3.8, 4) is 0 Å². The van der Waals surface area contributed by atoms with Gasteiger partial charge in [-0.2, -0.15) is 5.10 Å². The third-order valence-corrected chi connectivity index (χ3v) is 5.07. The highest BCUT2D eigenvalue weighted by molar-refractivity contribution is 5.75. The lowest BCUT2D eigenvalue weighted by molar-refractivity contribution is 0.187. The lowest BCUT2D eigenvalue weighted by Crippen LogP contribution is -2.42. The van der Waals surface area contributed by atoms with E-state index in [1.807, 2.05) is 42.0 Å². The monoisotopic (exact) mass is 359 g/mol. The number of aryl methyl sites for hydroxylation is 3. The second kappa shape index (κ2) is 7.47. The fourth-order valence-electron chi connectivity index (χ4n) is 3.31. The average molecular weight is 359 g/mol. The molecule has 142 valence electrons. The Bertz CT molecular complexity index is 775. The number of carbonyl (C=O) groups is 1. The van der Waals surface area contributed by atoms with E-state index < -0.39 is 0 Å². The molecular weight excluding hydrogens is 330 g/mol. The molecule has 26 heavy (non-hydrogen) atoms. The molecule has 1 unspecified atom stereocenters. The van der Waals surface area contributed by atoms with Gasteiger partial charge in [-0.15, -0.1) is 10.2 Å². The summed E-state index contributed by atoms with van der Waals surface area (Å²) in [5.74, 6) is 0.796. The summed E-state index contributed by atoms with van der Waals surface area (Å²) in [5, 5.41) is 15.8. The van der Waals surface area contributed by atoms with Crippen LogP contribution < -0.4 is 5.32 Å².